The third-order valence-electron chi connectivity index (χ3n) is 5.82. The van der Waals surface area contributed by atoms with Gasteiger partial charge in [0.2, 0.25) is 0 Å². The molecule has 2 fully saturated rings. The molecule has 3 heterocycles. The summed E-state index contributed by atoms with van der Waals surface area (Å²) >= 11 is 0. The van der Waals surface area contributed by atoms with Gasteiger partial charge in [-0.2, -0.15) is 5.10 Å². The Hall–Kier alpha value is -3.19. The normalized spacial score (nSPS) is 22.4. The number of aromatic amines is 1. The number of aromatic nitrogens is 2. The zero-order valence-corrected chi connectivity index (χ0v) is 16.0. The van der Waals surface area contributed by atoms with Crippen molar-refractivity contribution in [1.29, 1.82) is 0 Å². The van der Waals surface area contributed by atoms with Crippen LogP contribution in [0.3, 0.4) is 0 Å². The van der Waals surface area contributed by atoms with Crippen LogP contribution in [0.1, 0.15) is 23.3 Å². The third kappa shape index (κ3) is 3.17. The summed E-state index contributed by atoms with van der Waals surface area (Å²) in [5.74, 6) is -0.156. The first-order valence-corrected chi connectivity index (χ1v) is 9.87. The zero-order valence-electron chi connectivity index (χ0n) is 16.0. The molecule has 0 saturated carbocycles. The molecule has 2 aromatic carbocycles. The van der Waals surface area contributed by atoms with E-state index in [-0.39, 0.29) is 18.4 Å². The number of piperidine rings is 1. The Balaban J connectivity index is 1.40. The number of likely N-dealkylation sites (tertiary alicyclic amines) is 1. The van der Waals surface area contributed by atoms with Gasteiger partial charge in [-0.25, -0.2) is 0 Å². The average Bonchev–Trinajstić information content (AvgIpc) is 3.20. The molecule has 7 heteroatoms. The molecule has 1 N–H and O–H groups in total. The highest BCUT2D eigenvalue weighted by Crippen LogP contribution is 2.32. The van der Waals surface area contributed by atoms with E-state index in [9.17, 15) is 9.59 Å². The number of carbonyl (C=O) groups is 2. The van der Waals surface area contributed by atoms with Crippen molar-refractivity contribution < 1.29 is 14.3 Å². The molecule has 148 valence electrons. The molecule has 1 atom stereocenters. The number of rotatable bonds is 2. The number of amides is 2. The summed E-state index contributed by atoms with van der Waals surface area (Å²) in [7, 11) is 0. The minimum atomic E-state index is -0.552. The fourth-order valence-corrected chi connectivity index (χ4v) is 4.35. The van der Waals surface area contributed by atoms with Crippen LogP contribution in [-0.2, 0) is 9.53 Å². The van der Waals surface area contributed by atoms with Crippen molar-refractivity contribution in [1.82, 2.24) is 15.1 Å². The number of fused-ring (bicyclic) bond motifs is 1. The van der Waals surface area contributed by atoms with E-state index >= 15 is 0 Å². The molecule has 1 spiro atoms. The van der Waals surface area contributed by atoms with Gasteiger partial charge in [0, 0.05) is 17.6 Å². The maximum atomic E-state index is 13.2. The van der Waals surface area contributed by atoms with Crippen LogP contribution in [0.25, 0.3) is 10.9 Å². The Kier molecular flexibility index (Phi) is 4.32. The quantitative estimate of drug-likeness (QED) is 0.730. The van der Waals surface area contributed by atoms with Crippen molar-refractivity contribution in [3.05, 3.63) is 60.3 Å². The molecule has 3 aromatic rings. The molecule has 1 aromatic heterocycles. The molecule has 2 aliphatic heterocycles. The summed E-state index contributed by atoms with van der Waals surface area (Å²) in [6.45, 7) is 1.58. The Bertz CT molecular complexity index is 1060. The Labute approximate surface area is 168 Å². The Morgan fingerprint density at radius 1 is 1.07 bits per heavy atom. The molecular formula is C22H22N4O3. The van der Waals surface area contributed by atoms with Gasteiger partial charge in [-0.15, -0.1) is 0 Å². The molecule has 0 bridgehead atoms. The lowest BCUT2D eigenvalue weighted by Gasteiger charge is -2.47. The predicted octanol–water partition coefficient (Wildman–Crippen LogP) is 2.60. The summed E-state index contributed by atoms with van der Waals surface area (Å²) in [6, 6.07) is 17.3. The van der Waals surface area contributed by atoms with Crippen molar-refractivity contribution in [3.63, 3.8) is 0 Å². The summed E-state index contributed by atoms with van der Waals surface area (Å²) in [6.07, 6.45) is 1.64. The standard InChI is InChI=1S/C22H22N4O3/c27-19-13-29-22(15-26(19)16-7-2-1-3-8-16)11-6-12-25(14-22)21(28)20-17-9-4-5-10-18(17)23-24-20/h1-5,7-10H,6,11-15H2,(H,23,24). The number of ether oxygens (including phenoxy) is 1. The van der Waals surface area contributed by atoms with E-state index in [0.717, 1.165) is 29.4 Å². The average molecular weight is 390 g/mol. The Morgan fingerprint density at radius 2 is 1.86 bits per heavy atom. The van der Waals surface area contributed by atoms with Gasteiger partial charge in [0.05, 0.1) is 18.6 Å². The monoisotopic (exact) mass is 390 g/mol. The number of benzene rings is 2. The van der Waals surface area contributed by atoms with E-state index in [1.807, 2.05) is 59.5 Å². The van der Waals surface area contributed by atoms with E-state index in [4.69, 9.17) is 4.74 Å². The summed E-state index contributed by atoms with van der Waals surface area (Å²) < 4.78 is 6.04. The zero-order chi connectivity index (χ0) is 19.8. The highest BCUT2D eigenvalue weighted by molar-refractivity contribution is 6.04. The van der Waals surface area contributed by atoms with Gasteiger partial charge >= 0.3 is 0 Å². The molecule has 2 amide bonds. The van der Waals surface area contributed by atoms with Crippen LogP contribution in [0.5, 0.6) is 0 Å². The molecule has 0 radical (unpaired) electrons. The smallest absolute Gasteiger partial charge is 0.275 e. The van der Waals surface area contributed by atoms with E-state index in [0.29, 0.717) is 25.3 Å². The van der Waals surface area contributed by atoms with Crippen LogP contribution in [0.2, 0.25) is 0 Å². The highest BCUT2D eigenvalue weighted by Gasteiger charge is 2.44. The maximum Gasteiger partial charge on any atom is 0.275 e. The van der Waals surface area contributed by atoms with Crippen molar-refractivity contribution in [2.24, 2.45) is 0 Å². The summed E-state index contributed by atoms with van der Waals surface area (Å²) in [5.41, 5.74) is 1.59. The first-order valence-electron chi connectivity index (χ1n) is 9.87. The van der Waals surface area contributed by atoms with Crippen LogP contribution in [0, 0.1) is 0 Å². The molecule has 7 nitrogen and oxygen atoms in total. The van der Waals surface area contributed by atoms with Crippen molar-refractivity contribution in [3.8, 4) is 0 Å². The topological polar surface area (TPSA) is 78.5 Å². The first kappa shape index (κ1) is 17.9. The van der Waals surface area contributed by atoms with Gasteiger partial charge in [0.15, 0.2) is 5.69 Å². The van der Waals surface area contributed by atoms with E-state index < -0.39 is 5.60 Å². The number of morpholine rings is 1. The van der Waals surface area contributed by atoms with Crippen LogP contribution < -0.4 is 4.90 Å². The van der Waals surface area contributed by atoms with Crippen LogP contribution in [0.4, 0.5) is 5.69 Å². The summed E-state index contributed by atoms with van der Waals surface area (Å²) in [5, 5.41) is 8.01. The van der Waals surface area contributed by atoms with Crippen LogP contribution in [-0.4, -0.2) is 58.8 Å². The van der Waals surface area contributed by atoms with Gasteiger partial charge in [0.1, 0.15) is 12.2 Å². The maximum absolute atomic E-state index is 13.2. The van der Waals surface area contributed by atoms with Crippen molar-refractivity contribution in [2.75, 3.05) is 31.1 Å². The second kappa shape index (κ2) is 7.00. The first-order chi connectivity index (χ1) is 14.2. The lowest BCUT2D eigenvalue weighted by molar-refractivity contribution is -0.144. The number of nitrogens with one attached hydrogen (secondary N) is 1. The lowest BCUT2D eigenvalue weighted by Crippen LogP contribution is -2.62. The Morgan fingerprint density at radius 3 is 2.72 bits per heavy atom. The van der Waals surface area contributed by atoms with Crippen molar-refractivity contribution in [2.45, 2.75) is 18.4 Å². The number of H-pyrrole nitrogens is 1. The number of hydrogen-bond acceptors (Lipinski definition) is 4. The van der Waals surface area contributed by atoms with E-state index in [1.165, 1.54) is 0 Å². The third-order valence-corrected chi connectivity index (χ3v) is 5.82. The minimum absolute atomic E-state index is 0.0300. The van der Waals surface area contributed by atoms with Crippen LogP contribution in [0.15, 0.2) is 54.6 Å². The molecule has 1 unspecified atom stereocenters. The molecule has 5 rings (SSSR count). The van der Waals surface area contributed by atoms with Gasteiger partial charge < -0.3 is 14.5 Å². The number of para-hydroxylation sites is 2. The molecule has 2 saturated heterocycles. The molecule has 0 aliphatic carbocycles. The fourth-order valence-electron chi connectivity index (χ4n) is 4.35. The number of anilines is 1. The second-order valence-corrected chi connectivity index (χ2v) is 7.74. The number of hydrogen-bond donors (Lipinski definition) is 1. The predicted molar refractivity (Wildman–Crippen MR) is 109 cm³/mol. The minimum Gasteiger partial charge on any atom is -0.361 e. The molecular weight excluding hydrogens is 368 g/mol. The summed E-state index contributed by atoms with van der Waals surface area (Å²) in [4.78, 5) is 29.3. The van der Waals surface area contributed by atoms with Gasteiger partial charge in [-0.1, -0.05) is 36.4 Å². The lowest BCUT2D eigenvalue weighted by atomic mass is 9.90. The highest BCUT2D eigenvalue weighted by atomic mass is 16.5. The molecule has 29 heavy (non-hydrogen) atoms. The van der Waals surface area contributed by atoms with Gasteiger partial charge in [0.25, 0.3) is 11.8 Å². The second-order valence-electron chi connectivity index (χ2n) is 7.74. The van der Waals surface area contributed by atoms with E-state index in [2.05, 4.69) is 10.2 Å². The van der Waals surface area contributed by atoms with Gasteiger partial charge in [-0.05, 0) is 31.0 Å². The molecule has 2 aliphatic rings. The number of nitrogens with zero attached hydrogens (tertiary/aromatic N) is 3. The SMILES string of the molecule is O=C(c1n[nH]c2ccccc12)N1CCCC2(C1)CN(c1ccccc1)C(=O)CO2. The number of carbonyl (C=O) groups excluding carboxylic acids is 2. The largest absolute Gasteiger partial charge is 0.361 e. The fraction of sp³-hybridized carbons (Fsp3) is 0.318. The van der Waals surface area contributed by atoms with Gasteiger partial charge in [-0.3, -0.25) is 14.7 Å². The van der Waals surface area contributed by atoms with Crippen LogP contribution >= 0.6 is 0 Å². The van der Waals surface area contributed by atoms with Crippen molar-refractivity contribution >= 4 is 28.4 Å². The van der Waals surface area contributed by atoms with E-state index in [1.54, 1.807) is 4.90 Å².